The van der Waals surface area contributed by atoms with Gasteiger partial charge in [-0.25, -0.2) is 18.1 Å². The van der Waals surface area contributed by atoms with Crippen molar-refractivity contribution < 1.29 is 8.42 Å². The van der Waals surface area contributed by atoms with Gasteiger partial charge in [0.2, 0.25) is 10.0 Å². The normalized spacial score (nSPS) is 12.5. The first kappa shape index (κ1) is 20.2. The lowest BCUT2D eigenvalue weighted by atomic mass is 9.93. The van der Waals surface area contributed by atoms with Gasteiger partial charge in [-0.15, -0.1) is 22.7 Å². The van der Waals surface area contributed by atoms with Crippen molar-refractivity contribution in [2.24, 2.45) is 0 Å². The Morgan fingerprint density at radius 1 is 1.07 bits per heavy atom. The second-order valence-corrected chi connectivity index (χ2v) is 11.5. The molecule has 0 radical (unpaired) electrons. The minimum absolute atomic E-state index is 0.0209. The van der Waals surface area contributed by atoms with Crippen LogP contribution in [-0.2, 0) is 22.0 Å². The Morgan fingerprint density at radius 3 is 2.48 bits per heavy atom. The van der Waals surface area contributed by atoms with Crippen molar-refractivity contribution >= 4 is 32.7 Å². The number of aromatic nitrogens is 1. The summed E-state index contributed by atoms with van der Waals surface area (Å²) in [5.74, 6) is 0. The minimum Gasteiger partial charge on any atom is -0.241 e. The Morgan fingerprint density at radius 2 is 1.81 bits per heavy atom. The SMILES string of the molecule is Cc1ccc(C)c(CNS(=O)(=O)c2cc(-c3nc(C(C)(C)C)cs3)cs2)c1. The first-order valence-electron chi connectivity index (χ1n) is 8.67. The van der Waals surface area contributed by atoms with E-state index in [9.17, 15) is 8.42 Å². The molecule has 2 heterocycles. The summed E-state index contributed by atoms with van der Waals surface area (Å²) in [5.41, 5.74) is 5.04. The Kier molecular flexibility index (Phi) is 5.59. The second-order valence-electron chi connectivity index (χ2n) is 7.70. The lowest BCUT2D eigenvalue weighted by Crippen LogP contribution is -2.22. The van der Waals surface area contributed by atoms with Crippen LogP contribution >= 0.6 is 22.7 Å². The van der Waals surface area contributed by atoms with Gasteiger partial charge in [-0.05, 0) is 31.0 Å². The highest BCUT2D eigenvalue weighted by molar-refractivity contribution is 7.91. The summed E-state index contributed by atoms with van der Waals surface area (Å²) in [5, 5.41) is 4.75. The zero-order chi connectivity index (χ0) is 19.8. The summed E-state index contributed by atoms with van der Waals surface area (Å²) in [4.78, 5) is 4.67. The van der Waals surface area contributed by atoms with Gasteiger partial charge in [0.15, 0.2) is 0 Å². The Labute approximate surface area is 169 Å². The van der Waals surface area contributed by atoms with Crippen molar-refractivity contribution in [2.75, 3.05) is 0 Å². The number of hydrogen-bond acceptors (Lipinski definition) is 5. The molecule has 27 heavy (non-hydrogen) atoms. The van der Waals surface area contributed by atoms with E-state index in [1.54, 1.807) is 17.4 Å². The van der Waals surface area contributed by atoms with E-state index >= 15 is 0 Å². The van der Waals surface area contributed by atoms with Crippen LogP contribution in [0.15, 0.2) is 39.2 Å². The van der Waals surface area contributed by atoms with Crippen molar-refractivity contribution in [1.29, 1.82) is 0 Å². The van der Waals surface area contributed by atoms with Crippen molar-refractivity contribution in [3.8, 4) is 10.6 Å². The summed E-state index contributed by atoms with van der Waals surface area (Å²) in [6, 6.07) is 7.76. The van der Waals surface area contributed by atoms with Crippen LogP contribution in [0.5, 0.6) is 0 Å². The fourth-order valence-electron chi connectivity index (χ4n) is 2.56. The third-order valence-corrected chi connectivity index (χ3v) is 8.05. The fourth-order valence-corrected chi connectivity index (χ4v) is 5.88. The van der Waals surface area contributed by atoms with Gasteiger partial charge >= 0.3 is 0 Å². The number of hydrogen-bond donors (Lipinski definition) is 1. The Balaban J connectivity index is 1.78. The van der Waals surface area contributed by atoms with Crippen LogP contribution in [0.4, 0.5) is 0 Å². The van der Waals surface area contributed by atoms with E-state index in [-0.39, 0.29) is 12.0 Å². The van der Waals surface area contributed by atoms with Crippen LogP contribution in [0.2, 0.25) is 0 Å². The molecular weight excluding hydrogens is 396 g/mol. The summed E-state index contributed by atoms with van der Waals surface area (Å²) in [7, 11) is -3.55. The van der Waals surface area contributed by atoms with Gasteiger partial charge < -0.3 is 0 Å². The molecule has 2 aromatic heterocycles. The summed E-state index contributed by atoms with van der Waals surface area (Å²) < 4.78 is 28.4. The number of nitrogens with one attached hydrogen (secondary N) is 1. The molecule has 0 amide bonds. The van der Waals surface area contributed by atoms with Gasteiger partial charge in [-0.2, -0.15) is 0 Å². The van der Waals surface area contributed by atoms with Gasteiger partial charge in [0.05, 0.1) is 5.69 Å². The molecule has 1 aromatic carbocycles. The summed E-state index contributed by atoms with van der Waals surface area (Å²) >= 11 is 2.77. The molecule has 7 heteroatoms. The molecule has 0 unspecified atom stereocenters. The highest BCUT2D eigenvalue weighted by Gasteiger charge is 2.21. The number of sulfonamides is 1. The highest BCUT2D eigenvalue weighted by Crippen LogP contribution is 2.33. The largest absolute Gasteiger partial charge is 0.250 e. The molecule has 3 aromatic rings. The monoisotopic (exact) mass is 420 g/mol. The van der Waals surface area contributed by atoms with E-state index in [1.807, 2.05) is 42.8 Å². The molecule has 3 rings (SSSR count). The zero-order valence-corrected chi connectivity index (χ0v) is 18.6. The molecule has 0 fully saturated rings. The van der Waals surface area contributed by atoms with Gasteiger partial charge in [0, 0.05) is 28.3 Å². The maximum atomic E-state index is 12.7. The molecule has 4 nitrogen and oxygen atoms in total. The van der Waals surface area contributed by atoms with E-state index in [0.29, 0.717) is 4.21 Å². The third-order valence-electron chi connectivity index (χ3n) is 4.32. The van der Waals surface area contributed by atoms with E-state index in [2.05, 4.69) is 30.5 Å². The average molecular weight is 421 g/mol. The molecule has 0 saturated heterocycles. The van der Waals surface area contributed by atoms with Crippen LogP contribution in [0.25, 0.3) is 10.6 Å². The van der Waals surface area contributed by atoms with Crippen LogP contribution in [0.3, 0.4) is 0 Å². The highest BCUT2D eigenvalue weighted by atomic mass is 32.2. The average Bonchev–Trinajstić information content (AvgIpc) is 3.24. The summed E-state index contributed by atoms with van der Waals surface area (Å²) in [6.07, 6.45) is 0. The Hall–Kier alpha value is -1.54. The smallest absolute Gasteiger partial charge is 0.241 e. The molecule has 0 aliphatic heterocycles. The maximum absolute atomic E-state index is 12.7. The molecule has 0 atom stereocenters. The van der Waals surface area contributed by atoms with Crippen LogP contribution in [0.1, 0.15) is 43.2 Å². The topological polar surface area (TPSA) is 59.1 Å². The predicted molar refractivity (Wildman–Crippen MR) is 114 cm³/mol. The van der Waals surface area contributed by atoms with Gasteiger partial charge in [0.1, 0.15) is 9.22 Å². The number of benzene rings is 1. The van der Waals surface area contributed by atoms with Crippen molar-refractivity contribution in [2.45, 2.75) is 50.8 Å². The quantitative estimate of drug-likeness (QED) is 0.612. The molecule has 0 saturated carbocycles. The molecular formula is C20H24N2O2S3. The number of nitrogens with zero attached hydrogens (tertiary/aromatic N) is 1. The second kappa shape index (κ2) is 7.47. The van der Waals surface area contributed by atoms with E-state index in [4.69, 9.17) is 0 Å². The molecule has 0 aliphatic rings. The van der Waals surface area contributed by atoms with E-state index in [0.717, 1.165) is 33.0 Å². The van der Waals surface area contributed by atoms with Crippen LogP contribution < -0.4 is 4.72 Å². The molecule has 0 bridgehead atoms. The van der Waals surface area contributed by atoms with Crippen LogP contribution in [-0.4, -0.2) is 13.4 Å². The number of rotatable bonds is 5. The minimum atomic E-state index is -3.55. The molecule has 0 spiro atoms. The van der Waals surface area contributed by atoms with Crippen molar-refractivity contribution in [3.05, 3.63) is 57.4 Å². The van der Waals surface area contributed by atoms with Gasteiger partial charge in [0.25, 0.3) is 0 Å². The zero-order valence-electron chi connectivity index (χ0n) is 16.2. The van der Waals surface area contributed by atoms with E-state index < -0.39 is 10.0 Å². The van der Waals surface area contributed by atoms with Gasteiger partial charge in [-0.3, -0.25) is 0 Å². The maximum Gasteiger partial charge on any atom is 0.250 e. The number of thiophene rings is 1. The first-order chi connectivity index (χ1) is 12.6. The lowest BCUT2D eigenvalue weighted by Gasteiger charge is -2.14. The van der Waals surface area contributed by atoms with Crippen molar-refractivity contribution in [3.63, 3.8) is 0 Å². The predicted octanol–water partition coefficient (Wildman–Crippen LogP) is 5.26. The molecule has 144 valence electrons. The fraction of sp³-hybridized carbons (Fsp3) is 0.350. The lowest BCUT2D eigenvalue weighted by molar-refractivity contribution is 0.573. The van der Waals surface area contributed by atoms with Crippen molar-refractivity contribution in [1.82, 2.24) is 9.71 Å². The van der Waals surface area contributed by atoms with Crippen LogP contribution in [0, 0.1) is 13.8 Å². The Bertz CT molecular complexity index is 1060. The molecule has 1 N–H and O–H groups in total. The third kappa shape index (κ3) is 4.66. The van der Waals surface area contributed by atoms with Gasteiger partial charge in [-0.1, -0.05) is 44.5 Å². The molecule has 0 aliphatic carbocycles. The standard InChI is InChI=1S/C20H24N2O2S3/c1-13-6-7-14(2)15(8-13)10-21-27(23,24)18-9-16(11-25-18)19-22-17(12-26-19)20(3,4)5/h6-9,11-12,21H,10H2,1-5H3. The number of aryl methyl sites for hydroxylation is 2. The van der Waals surface area contributed by atoms with E-state index in [1.165, 1.54) is 11.3 Å². The summed E-state index contributed by atoms with van der Waals surface area (Å²) in [6.45, 7) is 10.6. The number of thiazole rings is 1. The first-order valence-corrected chi connectivity index (χ1v) is 11.9.